The summed E-state index contributed by atoms with van der Waals surface area (Å²) in [6.07, 6.45) is -0.0321. The fourth-order valence-corrected chi connectivity index (χ4v) is 2.25. The smallest absolute Gasteiger partial charge is 0.101 e. The Morgan fingerprint density at radius 3 is 2.29 bits per heavy atom. The molecule has 0 N–H and O–H groups in total. The summed E-state index contributed by atoms with van der Waals surface area (Å²) in [5.74, 6) is 0.548. The molecule has 17 heavy (non-hydrogen) atoms. The van der Waals surface area contributed by atoms with Gasteiger partial charge in [0, 0.05) is 0 Å². The maximum atomic E-state index is 6.41. The van der Waals surface area contributed by atoms with Gasteiger partial charge in [-0.3, -0.25) is 0 Å². The normalized spacial score (nSPS) is 22.7. The zero-order chi connectivity index (χ0) is 12.3. The number of rotatable bonds is 3. The molecule has 2 nitrogen and oxygen atoms in total. The third-order valence-electron chi connectivity index (χ3n) is 3.09. The Bertz CT molecular complexity index is 342. The van der Waals surface area contributed by atoms with Crippen molar-refractivity contribution in [2.45, 2.75) is 31.2 Å². The molecule has 2 unspecified atom stereocenters. The van der Waals surface area contributed by atoms with E-state index in [1.165, 1.54) is 5.56 Å². The molecule has 1 fully saturated rings. The topological polar surface area (TPSA) is 18.5 Å². The van der Waals surface area contributed by atoms with Crippen LogP contribution in [0.4, 0.5) is 0 Å². The van der Waals surface area contributed by atoms with Gasteiger partial charge in [0.05, 0.1) is 25.2 Å². The molecule has 0 aromatic heterocycles. The summed E-state index contributed by atoms with van der Waals surface area (Å²) in [5, 5.41) is -0.128. The molecule has 0 aliphatic carbocycles. The standard InChI is InChI=1S/C14H19ClO2/c1-10(2)11-3-5-12(6-4-11)14(15)13-9-16-7-8-17-13/h3-6,10,13-14H,7-9H2,1-2H3. The van der Waals surface area contributed by atoms with Crippen LogP contribution >= 0.6 is 11.6 Å². The molecular weight excluding hydrogens is 236 g/mol. The van der Waals surface area contributed by atoms with Crippen LogP contribution in [0.2, 0.25) is 0 Å². The molecule has 1 heterocycles. The van der Waals surface area contributed by atoms with E-state index in [0.29, 0.717) is 25.7 Å². The van der Waals surface area contributed by atoms with E-state index in [2.05, 4.69) is 38.1 Å². The first kappa shape index (κ1) is 12.9. The third kappa shape index (κ3) is 3.21. The maximum Gasteiger partial charge on any atom is 0.101 e. The van der Waals surface area contributed by atoms with Crippen molar-refractivity contribution in [1.29, 1.82) is 0 Å². The predicted octanol–water partition coefficient (Wildman–Crippen LogP) is 3.51. The van der Waals surface area contributed by atoms with Crippen LogP contribution in [0.3, 0.4) is 0 Å². The zero-order valence-electron chi connectivity index (χ0n) is 10.4. The van der Waals surface area contributed by atoms with Crippen LogP contribution in [0.5, 0.6) is 0 Å². The van der Waals surface area contributed by atoms with Crippen molar-refractivity contribution in [1.82, 2.24) is 0 Å². The quantitative estimate of drug-likeness (QED) is 0.769. The molecule has 94 valence electrons. The number of alkyl halides is 1. The number of hydrogen-bond acceptors (Lipinski definition) is 2. The van der Waals surface area contributed by atoms with Crippen LogP contribution in [-0.4, -0.2) is 25.9 Å². The van der Waals surface area contributed by atoms with Gasteiger partial charge in [-0.05, 0) is 17.0 Å². The Morgan fingerprint density at radius 2 is 1.76 bits per heavy atom. The third-order valence-corrected chi connectivity index (χ3v) is 3.62. The van der Waals surface area contributed by atoms with E-state index in [0.717, 1.165) is 5.56 Å². The lowest BCUT2D eigenvalue weighted by atomic mass is 9.99. The first-order valence-electron chi connectivity index (χ1n) is 6.11. The molecule has 1 aromatic carbocycles. The van der Waals surface area contributed by atoms with E-state index in [1.54, 1.807) is 0 Å². The molecule has 1 aliphatic heterocycles. The highest BCUT2D eigenvalue weighted by Crippen LogP contribution is 2.29. The van der Waals surface area contributed by atoms with Crippen LogP contribution in [0.15, 0.2) is 24.3 Å². The van der Waals surface area contributed by atoms with Gasteiger partial charge in [-0.2, -0.15) is 0 Å². The van der Waals surface area contributed by atoms with Crippen LogP contribution in [-0.2, 0) is 9.47 Å². The Morgan fingerprint density at radius 1 is 1.12 bits per heavy atom. The van der Waals surface area contributed by atoms with Gasteiger partial charge in [0.2, 0.25) is 0 Å². The second kappa shape index (κ2) is 5.85. The molecule has 1 saturated heterocycles. The lowest BCUT2D eigenvalue weighted by molar-refractivity contribution is -0.0892. The Hall–Kier alpha value is -0.570. The highest BCUT2D eigenvalue weighted by molar-refractivity contribution is 6.21. The van der Waals surface area contributed by atoms with Gasteiger partial charge in [-0.25, -0.2) is 0 Å². The van der Waals surface area contributed by atoms with Gasteiger partial charge in [-0.1, -0.05) is 38.1 Å². The highest BCUT2D eigenvalue weighted by atomic mass is 35.5. The van der Waals surface area contributed by atoms with Crippen molar-refractivity contribution in [3.63, 3.8) is 0 Å². The largest absolute Gasteiger partial charge is 0.376 e. The van der Waals surface area contributed by atoms with Gasteiger partial charge < -0.3 is 9.47 Å². The number of ether oxygens (including phenoxy) is 2. The van der Waals surface area contributed by atoms with E-state index in [1.807, 2.05) is 0 Å². The molecule has 2 rings (SSSR count). The summed E-state index contributed by atoms with van der Waals surface area (Å²) in [6, 6.07) is 8.45. The van der Waals surface area contributed by atoms with E-state index < -0.39 is 0 Å². The highest BCUT2D eigenvalue weighted by Gasteiger charge is 2.24. The Labute approximate surface area is 108 Å². The minimum absolute atomic E-state index is 0.0321. The van der Waals surface area contributed by atoms with E-state index >= 15 is 0 Å². The average Bonchev–Trinajstić information content (AvgIpc) is 2.39. The molecule has 2 atom stereocenters. The summed E-state index contributed by atoms with van der Waals surface area (Å²) < 4.78 is 11.0. The summed E-state index contributed by atoms with van der Waals surface area (Å²) in [6.45, 7) is 6.26. The monoisotopic (exact) mass is 254 g/mol. The Kier molecular flexibility index (Phi) is 4.43. The van der Waals surface area contributed by atoms with Crippen LogP contribution in [0, 0.1) is 0 Å². The maximum absolute atomic E-state index is 6.41. The van der Waals surface area contributed by atoms with Crippen molar-refractivity contribution >= 4 is 11.6 Å². The van der Waals surface area contributed by atoms with Crippen LogP contribution in [0.1, 0.15) is 36.3 Å². The Balaban J connectivity index is 2.05. The molecule has 0 amide bonds. The molecular formula is C14H19ClO2. The molecule has 1 aromatic rings. The molecule has 0 saturated carbocycles. The van der Waals surface area contributed by atoms with Gasteiger partial charge in [0.25, 0.3) is 0 Å². The second-order valence-corrected chi connectivity index (χ2v) is 5.18. The summed E-state index contributed by atoms with van der Waals surface area (Å²) in [7, 11) is 0. The fourth-order valence-electron chi connectivity index (χ4n) is 1.95. The summed E-state index contributed by atoms with van der Waals surface area (Å²) in [4.78, 5) is 0. The molecule has 0 radical (unpaired) electrons. The molecule has 3 heteroatoms. The molecule has 1 aliphatic rings. The lowest BCUT2D eigenvalue weighted by Gasteiger charge is -2.27. The minimum atomic E-state index is -0.128. The van der Waals surface area contributed by atoms with Gasteiger partial charge in [0.15, 0.2) is 0 Å². The molecule has 0 bridgehead atoms. The van der Waals surface area contributed by atoms with Gasteiger partial charge >= 0.3 is 0 Å². The van der Waals surface area contributed by atoms with Crippen molar-refractivity contribution < 1.29 is 9.47 Å². The number of hydrogen-bond donors (Lipinski definition) is 0. The van der Waals surface area contributed by atoms with E-state index in [9.17, 15) is 0 Å². The van der Waals surface area contributed by atoms with Crippen molar-refractivity contribution in [3.8, 4) is 0 Å². The van der Waals surface area contributed by atoms with E-state index in [-0.39, 0.29) is 11.5 Å². The van der Waals surface area contributed by atoms with Crippen LogP contribution < -0.4 is 0 Å². The van der Waals surface area contributed by atoms with E-state index in [4.69, 9.17) is 21.1 Å². The second-order valence-electron chi connectivity index (χ2n) is 4.71. The zero-order valence-corrected chi connectivity index (χ0v) is 11.1. The first-order chi connectivity index (χ1) is 8.18. The fraction of sp³-hybridized carbons (Fsp3) is 0.571. The number of halogens is 1. The minimum Gasteiger partial charge on any atom is -0.376 e. The average molecular weight is 255 g/mol. The predicted molar refractivity (Wildman–Crippen MR) is 69.7 cm³/mol. The van der Waals surface area contributed by atoms with Gasteiger partial charge in [-0.15, -0.1) is 11.6 Å². The van der Waals surface area contributed by atoms with Gasteiger partial charge in [0.1, 0.15) is 6.10 Å². The van der Waals surface area contributed by atoms with Crippen molar-refractivity contribution in [3.05, 3.63) is 35.4 Å². The number of benzene rings is 1. The first-order valence-corrected chi connectivity index (χ1v) is 6.55. The van der Waals surface area contributed by atoms with Crippen molar-refractivity contribution in [2.75, 3.05) is 19.8 Å². The summed E-state index contributed by atoms with van der Waals surface area (Å²) in [5.41, 5.74) is 2.44. The van der Waals surface area contributed by atoms with Crippen molar-refractivity contribution in [2.24, 2.45) is 0 Å². The lowest BCUT2D eigenvalue weighted by Crippen LogP contribution is -2.31. The molecule has 0 spiro atoms. The summed E-state index contributed by atoms with van der Waals surface area (Å²) >= 11 is 6.41. The SMILES string of the molecule is CC(C)c1ccc(C(Cl)C2COCCO2)cc1. The van der Waals surface area contributed by atoms with Crippen LogP contribution in [0.25, 0.3) is 0 Å².